The van der Waals surface area contributed by atoms with Crippen molar-refractivity contribution in [1.29, 1.82) is 0 Å². The molecule has 106 valence electrons. The molecule has 6 heteroatoms. The molecule has 3 nitrogen and oxygen atoms in total. The topological polar surface area (TPSA) is 50.9 Å². The summed E-state index contributed by atoms with van der Waals surface area (Å²) >= 11 is 2.94. The van der Waals surface area contributed by atoms with Gasteiger partial charge in [-0.1, -0.05) is 0 Å². The standard InChI is InChI=1S/C15H10BrF2N3/c16-9-6-11(18)14(7-10(9)17)21-13-4-3-12(19)8-2-1-5-20-15(8)13/h1-7,21H,19H2. The summed E-state index contributed by atoms with van der Waals surface area (Å²) in [7, 11) is 0. The van der Waals surface area contributed by atoms with Crippen LogP contribution in [0.15, 0.2) is 47.1 Å². The van der Waals surface area contributed by atoms with Crippen molar-refractivity contribution in [3.63, 3.8) is 0 Å². The van der Waals surface area contributed by atoms with Gasteiger partial charge in [0, 0.05) is 23.3 Å². The van der Waals surface area contributed by atoms with E-state index in [1.165, 1.54) is 0 Å². The van der Waals surface area contributed by atoms with Gasteiger partial charge in [0.25, 0.3) is 0 Å². The largest absolute Gasteiger partial charge is 0.398 e. The van der Waals surface area contributed by atoms with Crippen LogP contribution in [0.2, 0.25) is 0 Å². The van der Waals surface area contributed by atoms with Gasteiger partial charge < -0.3 is 11.1 Å². The molecule has 0 radical (unpaired) electrons. The van der Waals surface area contributed by atoms with Crippen molar-refractivity contribution >= 4 is 43.9 Å². The number of hydrogen-bond donors (Lipinski definition) is 2. The van der Waals surface area contributed by atoms with Crippen LogP contribution in [0, 0.1) is 11.6 Å². The number of halogens is 3. The predicted molar refractivity (Wildman–Crippen MR) is 83.5 cm³/mol. The van der Waals surface area contributed by atoms with Crippen molar-refractivity contribution < 1.29 is 8.78 Å². The molecule has 0 atom stereocenters. The van der Waals surface area contributed by atoms with Crippen LogP contribution < -0.4 is 11.1 Å². The normalized spacial score (nSPS) is 10.8. The van der Waals surface area contributed by atoms with Crippen molar-refractivity contribution in [1.82, 2.24) is 4.98 Å². The van der Waals surface area contributed by atoms with Gasteiger partial charge in [-0.3, -0.25) is 4.98 Å². The molecule has 3 rings (SSSR count). The van der Waals surface area contributed by atoms with Crippen LogP contribution in [-0.4, -0.2) is 4.98 Å². The molecule has 2 aromatic carbocycles. The summed E-state index contributed by atoms with van der Waals surface area (Å²) in [5.74, 6) is -1.12. The van der Waals surface area contributed by atoms with Crippen LogP contribution in [0.5, 0.6) is 0 Å². The average molecular weight is 350 g/mol. The zero-order valence-corrected chi connectivity index (χ0v) is 12.3. The molecule has 0 aliphatic carbocycles. The van der Waals surface area contributed by atoms with Gasteiger partial charge in [0.15, 0.2) is 0 Å². The first-order chi connectivity index (χ1) is 10.1. The van der Waals surface area contributed by atoms with E-state index >= 15 is 0 Å². The molecule has 0 spiro atoms. The van der Waals surface area contributed by atoms with Crippen molar-refractivity contribution in [2.24, 2.45) is 0 Å². The lowest BCUT2D eigenvalue weighted by atomic mass is 10.1. The van der Waals surface area contributed by atoms with Crippen LogP contribution in [0.4, 0.5) is 25.8 Å². The first-order valence-electron chi connectivity index (χ1n) is 6.11. The highest BCUT2D eigenvalue weighted by Gasteiger charge is 2.11. The number of hydrogen-bond acceptors (Lipinski definition) is 3. The smallest absolute Gasteiger partial charge is 0.147 e. The summed E-state index contributed by atoms with van der Waals surface area (Å²) in [6.07, 6.45) is 1.62. The zero-order chi connectivity index (χ0) is 15.0. The van der Waals surface area contributed by atoms with E-state index in [4.69, 9.17) is 5.73 Å². The lowest BCUT2D eigenvalue weighted by Crippen LogP contribution is -1.98. The van der Waals surface area contributed by atoms with Crippen molar-refractivity contribution in [2.75, 3.05) is 11.1 Å². The second-order valence-corrected chi connectivity index (χ2v) is 5.33. The molecular weight excluding hydrogens is 340 g/mol. The highest BCUT2D eigenvalue weighted by atomic mass is 79.9. The Balaban J connectivity index is 2.11. The van der Waals surface area contributed by atoms with Gasteiger partial charge in [0.2, 0.25) is 0 Å². The van der Waals surface area contributed by atoms with Crippen LogP contribution in [0.25, 0.3) is 10.9 Å². The van der Waals surface area contributed by atoms with Gasteiger partial charge in [-0.25, -0.2) is 8.78 Å². The number of benzene rings is 2. The molecule has 0 aliphatic rings. The third-order valence-corrected chi connectivity index (χ3v) is 3.69. The Labute approximate surface area is 127 Å². The lowest BCUT2D eigenvalue weighted by molar-refractivity contribution is 0.598. The van der Waals surface area contributed by atoms with E-state index in [0.29, 0.717) is 16.9 Å². The minimum atomic E-state index is -0.566. The Morgan fingerprint density at radius 1 is 1.05 bits per heavy atom. The Hall–Kier alpha value is -2.21. The average Bonchev–Trinajstić information content (AvgIpc) is 2.48. The lowest BCUT2D eigenvalue weighted by Gasteiger charge is -2.12. The van der Waals surface area contributed by atoms with Gasteiger partial charge in [-0.05, 0) is 46.3 Å². The number of nitrogens with two attached hydrogens (primary N) is 1. The van der Waals surface area contributed by atoms with Gasteiger partial charge in [0.05, 0.1) is 21.4 Å². The van der Waals surface area contributed by atoms with E-state index in [0.717, 1.165) is 17.5 Å². The van der Waals surface area contributed by atoms with Crippen molar-refractivity contribution in [2.45, 2.75) is 0 Å². The second-order valence-electron chi connectivity index (χ2n) is 4.47. The Kier molecular flexibility index (Phi) is 3.47. The molecule has 0 unspecified atom stereocenters. The molecule has 0 saturated carbocycles. The molecule has 0 fully saturated rings. The molecule has 0 bridgehead atoms. The Morgan fingerprint density at radius 3 is 2.67 bits per heavy atom. The molecule has 1 aromatic heterocycles. The van der Waals surface area contributed by atoms with Gasteiger partial charge in [-0.15, -0.1) is 0 Å². The van der Waals surface area contributed by atoms with Crippen LogP contribution >= 0.6 is 15.9 Å². The van der Waals surface area contributed by atoms with E-state index in [-0.39, 0.29) is 10.2 Å². The summed E-state index contributed by atoms with van der Waals surface area (Å²) in [5, 5.41) is 3.61. The third-order valence-electron chi connectivity index (χ3n) is 3.08. The van der Waals surface area contributed by atoms with Gasteiger partial charge in [0.1, 0.15) is 11.6 Å². The molecule has 3 N–H and O–H groups in total. The molecule has 0 saturated heterocycles. The quantitative estimate of drug-likeness (QED) is 0.525. The summed E-state index contributed by atoms with van der Waals surface area (Å²) in [6, 6.07) is 9.13. The Bertz CT molecular complexity index is 837. The second kappa shape index (κ2) is 5.29. The molecular formula is C15H10BrF2N3. The molecule has 0 amide bonds. The highest BCUT2D eigenvalue weighted by Crippen LogP contribution is 2.31. The first-order valence-corrected chi connectivity index (χ1v) is 6.90. The number of pyridine rings is 1. The number of aromatic nitrogens is 1. The number of nitrogen functional groups attached to an aromatic ring is 1. The summed E-state index contributed by atoms with van der Waals surface area (Å²) in [4.78, 5) is 4.24. The predicted octanol–water partition coefficient (Wildman–Crippen LogP) is 4.60. The van der Waals surface area contributed by atoms with E-state index in [9.17, 15) is 8.78 Å². The third kappa shape index (κ3) is 2.54. The van der Waals surface area contributed by atoms with Crippen LogP contribution in [0.1, 0.15) is 0 Å². The molecule has 1 heterocycles. The maximum absolute atomic E-state index is 13.9. The van der Waals surface area contributed by atoms with E-state index in [1.54, 1.807) is 24.4 Å². The first kappa shape index (κ1) is 13.8. The van der Waals surface area contributed by atoms with E-state index in [2.05, 4.69) is 26.2 Å². The molecule has 3 aromatic rings. The highest BCUT2D eigenvalue weighted by molar-refractivity contribution is 9.10. The fourth-order valence-electron chi connectivity index (χ4n) is 2.06. The van der Waals surface area contributed by atoms with Crippen molar-refractivity contribution in [3.05, 3.63) is 58.7 Å². The van der Waals surface area contributed by atoms with Crippen LogP contribution in [0.3, 0.4) is 0 Å². The Morgan fingerprint density at radius 2 is 1.86 bits per heavy atom. The number of anilines is 3. The minimum absolute atomic E-state index is 0.0347. The monoisotopic (exact) mass is 349 g/mol. The van der Waals surface area contributed by atoms with E-state index < -0.39 is 11.6 Å². The van der Waals surface area contributed by atoms with Gasteiger partial charge in [-0.2, -0.15) is 0 Å². The zero-order valence-electron chi connectivity index (χ0n) is 10.7. The minimum Gasteiger partial charge on any atom is -0.398 e. The van der Waals surface area contributed by atoms with Gasteiger partial charge >= 0.3 is 0 Å². The summed E-state index contributed by atoms with van der Waals surface area (Å²) in [6.45, 7) is 0. The maximum Gasteiger partial charge on any atom is 0.147 e. The number of rotatable bonds is 2. The van der Waals surface area contributed by atoms with Crippen molar-refractivity contribution in [3.8, 4) is 0 Å². The fraction of sp³-hybridized carbons (Fsp3) is 0. The molecule has 21 heavy (non-hydrogen) atoms. The number of nitrogens with zero attached hydrogens (tertiary/aromatic N) is 1. The summed E-state index contributed by atoms with van der Waals surface area (Å²) < 4.78 is 27.5. The van der Waals surface area contributed by atoms with Crippen LogP contribution in [-0.2, 0) is 0 Å². The van der Waals surface area contributed by atoms with E-state index in [1.807, 2.05) is 6.07 Å². The number of fused-ring (bicyclic) bond motifs is 1. The number of nitrogens with one attached hydrogen (secondary N) is 1. The fourth-order valence-corrected chi connectivity index (χ4v) is 2.37. The molecule has 0 aliphatic heterocycles. The summed E-state index contributed by atoms with van der Waals surface area (Å²) in [5.41, 5.74) is 7.65. The SMILES string of the molecule is Nc1ccc(Nc2cc(F)c(Br)cc2F)c2ncccc12. The maximum atomic E-state index is 13.9.